The van der Waals surface area contributed by atoms with Crippen molar-refractivity contribution in [2.75, 3.05) is 18.5 Å². The number of alkyl halides is 3. The number of nitrogens with zero attached hydrogens (tertiary/aromatic N) is 2. The molecule has 4 rings (SSSR count). The van der Waals surface area contributed by atoms with Crippen molar-refractivity contribution in [3.8, 4) is 0 Å². The molecular formula is C17H19F3N4O3. The van der Waals surface area contributed by atoms with Gasteiger partial charge in [0.05, 0.1) is 18.4 Å². The predicted molar refractivity (Wildman–Crippen MR) is 88.3 cm³/mol. The highest BCUT2D eigenvalue weighted by molar-refractivity contribution is 5.93. The zero-order chi connectivity index (χ0) is 19.0. The van der Waals surface area contributed by atoms with Crippen molar-refractivity contribution < 1.29 is 27.1 Å². The van der Waals surface area contributed by atoms with Crippen LogP contribution in [-0.4, -0.2) is 41.1 Å². The van der Waals surface area contributed by atoms with E-state index in [1.54, 1.807) is 12.1 Å². The molecule has 2 N–H and O–H groups in total. The van der Waals surface area contributed by atoms with Crippen LogP contribution in [0.3, 0.4) is 0 Å². The second-order valence-electron chi connectivity index (χ2n) is 6.71. The second-order valence-corrected chi connectivity index (χ2v) is 6.71. The smallest absolute Gasteiger partial charge is 0.410 e. The van der Waals surface area contributed by atoms with Crippen LogP contribution in [0.25, 0.3) is 0 Å². The molecule has 4 heterocycles. The molecule has 1 unspecified atom stereocenters. The Bertz CT molecular complexity index is 797. The van der Waals surface area contributed by atoms with E-state index in [2.05, 4.69) is 15.7 Å². The minimum absolute atomic E-state index is 0.0597. The van der Waals surface area contributed by atoms with E-state index < -0.39 is 24.2 Å². The Morgan fingerprint density at radius 2 is 2.30 bits per heavy atom. The van der Waals surface area contributed by atoms with Gasteiger partial charge in [-0.05, 0) is 25.0 Å². The summed E-state index contributed by atoms with van der Waals surface area (Å²) in [6, 6.07) is 2.07. The highest BCUT2D eigenvalue weighted by Crippen LogP contribution is 2.43. The molecule has 3 atom stereocenters. The summed E-state index contributed by atoms with van der Waals surface area (Å²) in [4.78, 5) is 12.3. The quantitative estimate of drug-likeness (QED) is 0.847. The van der Waals surface area contributed by atoms with E-state index in [1.807, 2.05) is 0 Å². The normalized spacial score (nSPS) is 25.1. The number of hydrogen-bond acceptors (Lipinski definition) is 5. The van der Waals surface area contributed by atoms with Gasteiger partial charge >= 0.3 is 6.18 Å². The first-order valence-corrected chi connectivity index (χ1v) is 8.78. The Labute approximate surface area is 152 Å². The van der Waals surface area contributed by atoms with Gasteiger partial charge in [-0.3, -0.25) is 4.79 Å². The van der Waals surface area contributed by atoms with Crippen molar-refractivity contribution in [3.05, 3.63) is 35.9 Å². The lowest BCUT2D eigenvalue weighted by Crippen LogP contribution is -2.36. The van der Waals surface area contributed by atoms with E-state index in [0.717, 1.165) is 17.5 Å². The van der Waals surface area contributed by atoms with E-state index >= 15 is 0 Å². The van der Waals surface area contributed by atoms with E-state index in [1.165, 1.54) is 12.3 Å². The summed E-state index contributed by atoms with van der Waals surface area (Å²) in [6.07, 6.45) is -1.64. The maximum absolute atomic E-state index is 13.6. The molecule has 10 heteroatoms. The van der Waals surface area contributed by atoms with Gasteiger partial charge in [-0.2, -0.15) is 18.3 Å². The van der Waals surface area contributed by atoms with Gasteiger partial charge in [0.1, 0.15) is 11.6 Å². The number of amides is 1. The summed E-state index contributed by atoms with van der Waals surface area (Å²) in [5.74, 6) is 0.0120. The third-order valence-corrected chi connectivity index (χ3v) is 4.82. The van der Waals surface area contributed by atoms with E-state index in [4.69, 9.17) is 9.15 Å². The molecule has 1 saturated heterocycles. The molecule has 0 bridgehead atoms. The highest BCUT2D eigenvalue weighted by Gasteiger charge is 2.47. The molecule has 2 aliphatic heterocycles. The van der Waals surface area contributed by atoms with E-state index in [9.17, 15) is 18.0 Å². The fourth-order valence-corrected chi connectivity index (χ4v) is 3.46. The third-order valence-electron chi connectivity index (χ3n) is 4.82. The molecule has 2 aliphatic rings. The molecule has 27 heavy (non-hydrogen) atoms. The van der Waals surface area contributed by atoms with Gasteiger partial charge < -0.3 is 19.8 Å². The minimum Gasteiger partial charge on any atom is -0.467 e. The zero-order valence-corrected chi connectivity index (χ0v) is 14.3. The van der Waals surface area contributed by atoms with E-state index in [-0.39, 0.29) is 24.0 Å². The van der Waals surface area contributed by atoms with Crippen LogP contribution in [0.4, 0.5) is 19.0 Å². The predicted octanol–water partition coefficient (Wildman–Crippen LogP) is 3.05. The van der Waals surface area contributed by atoms with Gasteiger partial charge in [-0.25, -0.2) is 4.68 Å². The number of rotatable bonds is 4. The van der Waals surface area contributed by atoms with Crippen molar-refractivity contribution in [3.63, 3.8) is 0 Å². The topological polar surface area (TPSA) is 81.3 Å². The average molecular weight is 384 g/mol. The van der Waals surface area contributed by atoms with Crippen LogP contribution in [-0.2, 0) is 4.74 Å². The number of ether oxygens (including phenoxy) is 1. The van der Waals surface area contributed by atoms with Gasteiger partial charge in [0, 0.05) is 25.6 Å². The summed E-state index contributed by atoms with van der Waals surface area (Å²) < 4.78 is 52.2. The fourth-order valence-electron chi connectivity index (χ4n) is 3.46. The Hall–Kier alpha value is -2.49. The molecule has 0 radical (unpaired) electrons. The van der Waals surface area contributed by atoms with Crippen molar-refractivity contribution in [2.24, 2.45) is 0 Å². The van der Waals surface area contributed by atoms with Gasteiger partial charge in [0.15, 0.2) is 11.7 Å². The second kappa shape index (κ2) is 6.91. The molecule has 0 aromatic carbocycles. The number of carbonyl (C=O) groups excluding carboxylic acids is 1. The minimum atomic E-state index is -4.50. The first-order valence-electron chi connectivity index (χ1n) is 8.78. The fraction of sp³-hybridized carbons (Fsp3) is 0.529. The van der Waals surface area contributed by atoms with Crippen molar-refractivity contribution in [1.82, 2.24) is 15.1 Å². The largest absolute Gasteiger partial charge is 0.467 e. The first-order chi connectivity index (χ1) is 12.9. The van der Waals surface area contributed by atoms with Crippen LogP contribution in [0.1, 0.15) is 47.6 Å². The Balaban J connectivity index is 1.55. The number of aromatic nitrogens is 2. The Morgan fingerprint density at radius 3 is 2.96 bits per heavy atom. The Kier molecular flexibility index (Phi) is 4.58. The zero-order valence-electron chi connectivity index (χ0n) is 14.3. The standard InChI is InChI=1S/C17H19F3N4O3/c18-17(19,20)14-7-11(13-4-2-6-27-13)22-15-8-12(23-24(14)15)16(25)21-9-10-3-1-5-26-10/h2,4,6,8,10-11,14,22H,1,3,5,7,9H2,(H,21,25)/t10?,11-,14+/m1/s1. The van der Waals surface area contributed by atoms with Gasteiger partial charge in [0.25, 0.3) is 5.91 Å². The SMILES string of the molecule is O=C(NCC1CCCO1)c1cc2n(n1)[C@H](C(F)(F)F)C[C@H](c1ccco1)N2. The monoisotopic (exact) mass is 384 g/mol. The molecular weight excluding hydrogens is 365 g/mol. The first kappa shape index (κ1) is 17.9. The summed E-state index contributed by atoms with van der Waals surface area (Å²) in [5, 5.41) is 9.56. The average Bonchev–Trinajstić information content (AvgIpc) is 3.38. The van der Waals surface area contributed by atoms with Crippen LogP contribution in [0.2, 0.25) is 0 Å². The lowest BCUT2D eigenvalue weighted by atomic mass is 10.0. The van der Waals surface area contributed by atoms with Crippen LogP contribution in [0.5, 0.6) is 0 Å². The number of nitrogens with one attached hydrogen (secondary N) is 2. The number of hydrogen-bond donors (Lipinski definition) is 2. The maximum Gasteiger partial charge on any atom is 0.410 e. The molecule has 0 spiro atoms. The summed E-state index contributed by atoms with van der Waals surface area (Å²) in [6.45, 7) is 0.969. The molecule has 2 aromatic heterocycles. The van der Waals surface area contributed by atoms with Gasteiger partial charge in [-0.1, -0.05) is 0 Å². The number of furan rings is 1. The molecule has 1 amide bonds. The van der Waals surface area contributed by atoms with Gasteiger partial charge in [-0.15, -0.1) is 0 Å². The number of halogens is 3. The highest BCUT2D eigenvalue weighted by atomic mass is 19.4. The van der Waals surface area contributed by atoms with Crippen molar-refractivity contribution in [2.45, 2.75) is 43.6 Å². The molecule has 0 aliphatic carbocycles. The molecule has 2 aromatic rings. The summed E-state index contributed by atoms with van der Waals surface area (Å²) in [5.41, 5.74) is -0.0650. The number of carbonyl (C=O) groups is 1. The molecule has 1 fully saturated rings. The lowest BCUT2D eigenvalue weighted by Gasteiger charge is -2.32. The van der Waals surface area contributed by atoms with E-state index in [0.29, 0.717) is 18.9 Å². The molecule has 7 nitrogen and oxygen atoms in total. The van der Waals surface area contributed by atoms with Crippen LogP contribution < -0.4 is 10.6 Å². The summed E-state index contributed by atoms with van der Waals surface area (Å²) in [7, 11) is 0. The van der Waals surface area contributed by atoms with Crippen molar-refractivity contribution >= 4 is 11.7 Å². The van der Waals surface area contributed by atoms with Crippen LogP contribution in [0.15, 0.2) is 28.9 Å². The summed E-state index contributed by atoms with van der Waals surface area (Å²) >= 11 is 0. The van der Waals surface area contributed by atoms with Crippen molar-refractivity contribution in [1.29, 1.82) is 0 Å². The third kappa shape index (κ3) is 3.66. The molecule has 0 saturated carbocycles. The number of fused-ring (bicyclic) bond motifs is 1. The van der Waals surface area contributed by atoms with Gasteiger partial charge in [0.2, 0.25) is 0 Å². The maximum atomic E-state index is 13.6. The Morgan fingerprint density at radius 1 is 1.44 bits per heavy atom. The lowest BCUT2D eigenvalue weighted by molar-refractivity contribution is -0.174. The molecule has 146 valence electrons. The van der Waals surface area contributed by atoms with Crippen LogP contribution >= 0.6 is 0 Å². The number of anilines is 1. The van der Waals surface area contributed by atoms with Crippen LogP contribution in [0, 0.1) is 0 Å².